The van der Waals surface area contributed by atoms with Crippen molar-refractivity contribution in [2.45, 2.75) is 4.90 Å². The standard InChI is InChI=1S/C17H11Cl2FN2O2S/c18-12-6-11(7-13(19)9-12)17-14(2-1-5-22-17)10-3-4-16(15(20)8-10)25(21,23)24/h1-9H,(H2,21,23,24). The zero-order chi connectivity index (χ0) is 18.2. The molecular formula is C17H11Cl2FN2O2S. The molecule has 0 atom stereocenters. The monoisotopic (exact) mass is 396 g/mol. The van der Waals surface area contributed by atoms with E-state index in [1.807, 2.05) is 0 Å². The van der Waals surface area contributed by atoms with Gasteiger partial charge in [-0.2, -0.15) is 0 Å². The fourth-order valence-electron chi connectivity index (χ4n) is 2.46. The van der Waals surface area contributed by atoms with Crippen molar-refractivity contribution >= 4 is 33.2 Å². The van der Waals surface area contributed by atoms with E-state index < -0.39 is 20.7 Å². The minimum atomic E-state index is -4.13. The third kappa shape index (κ3) is 3.82. The van der Waals surface area contributed by atoms with Crippen molar-refractivity contribution in [2.75, 3.05) is 0 Å². The second-order valence-corrected chi connectivity index (χ2v) is 7.65. The van der Waals surface area contributed by atoms with Crippen molar-refractivity contribution in [1.29, 1.82) is 0 Å². The van der Waals surface area contributed by atoms with E-state index in [4.69, 9.17) is 28.3 Å². The van der Waals surface area contributed by atoms with E-state index in [-0.39, 0.29) is 0 Å². The Labute approximate surface area is 154 Å². The summed E-state index contributed by atoms with van der Waals surface area (Å²) in [7, 11) is -4.13. The maximum atomic E-state index is 14.2. The van der Waals surface area contributed by atoms with Gasteiger partial charge in [-0.25, -0.2) is 17.9 Å². The summed E-state index contributed by atoms with van der Waals surface area (Å²) in [5.74, 6) is -0.932. The molecule has 4 nitrogen and oxygen atoms in total. The van der Waals surface area contributed by atoms with Crippen LogP contribution < -0.4 is 5.14 Å². The predicted octanol–water partition coefficient (Wildman–Crippen LogP) is 4.51. The van der Waals surface area contributed by atoms with Gasteiger partial charge < -0.3 is 0 Å². The third-order valence-corrected chi connectivity index (χ3v) is 4.87. The van der Waals surface area contributed by atoms with Gasteiger partial charge in [-0.15, -0.1) is 0 Å². The third-order valence-electron chi connectivity index (χ3n) is 3.49. The first-order chi connectivity index (χ1) is 11.8. The van der Waals surface area contributed by atoms with Gasteiger partial charge in [-0.3, -0.25) is 4.98 Å². The van der Waals surface area contributed by atoms with Gasteiger partial charge in [0.1, 0.15) is 10.7 Å². The van der Waals surface area contributed by atoms with Gasteiger partial charge in [0.15, 0.2) is 0 Å². The highest BCUT2D eigenvalue weighted by molar-refractivity contribution is 7.89. The molecule has 2 N–H and O–H groups in total. The Morgan fingerprint density at radius 3 is 2.24 bits per heavy atom. The van der Waals surface area contributed by atoms with Gasteiger partial charge in [-0.1, -0.05) is 35.3 Å². The molecule has 0 bridgehead atoms. The number of benzene rings is 2. The van der Waals surface area contributed by atoms with Crippen LogP contribution in [0.15, 0.2) is 59.6 Å². The molecule has 3 aromatic rings. The van der Waals surface area contributed by atoms with Crippen LogP contribution in [0.2, 0.25) is 10.0 Å². The molecule has 0 radical (unpaired) electrons. The number of nitrogens with zero attached hydrogens (tertiary/aromatic N) is 1. The van der Waals surface area contributed by atoms with E-state index in [0.717, 1.165) is 12.1 Å². The van der Waals surface area contributed by atoms with Gasteiger partial charge in [0.2, 0.25) is 10.0 Å². The summed E-state index contributed by atoms with van der Waals surface area (Å²) in [4.78, 5) is 3.76. The van der Waals surface area contributed by atoms with E-state index in [9.17, 15) is 12.8 Å². The van der Waals surface area contributed by atoms with Crippen LogP contribution in [0.1, 0.15) is 0 Å². The summed E-state index contributed by atoms with van der Waals surface area (Å²) in [6.07, 6.45) is 1.59. The molecule has 0 saturated heterocycles. The SMILES string of the molecule is NS(=O)(=O)c1ccc(-c2cccnc2-c2cc(Cl)cc(Cl)c2)cc1F. The van der Waals surface area contributed by atoms with Crippen LogP contribution >= 0.6 is 23.2 Å². The lowest BCUT2D eigenvalue weighted by atomic mass is 9.99. The van der Waals surface area contributed by atoms with Crippen molar-refractivity contribution in [3.8, 4) is 22.4 Å². The molecule has 0 fully saturated rings. The van der Waals surface area contributed by atoms with Gasteiger partial charge in [0, 0.05) is 27.4 Å². The number of hydrogen-bond acceptors (Lipinski definition) is 3. The fourth-order valence-corrected chi connectivity index (χ4v) is 3.57. The van der Waals surface area contributed by atoms with Crippen LogP contribution in [0.3, 0.4) is 0 Å². The Hall–Kier alpha value is -1.99. The van der Waals surface area contributed by atoms with Gasteiger partial charge >= 0.3 is 0 Å². The maximum Gasteiger partial charge on any atom is 0.240 e. The van der Waals surface area contributed by atoms with Crippen molar-refractivity contribution in [3.05, 3.63) is 70.6 Å². The molecule has 3 rings (SSSR count). The maximum absolute atomic E-state index is 14.2. The first kappa shape index (κ1) is 17.8. The largest absolute Gasteiger partial charge is 0.256 e. The summed E-state index contributed by atoms with van der Waals surface area (Å²) < 4.78 is 36.9. The molecule has 0 aliphatic heterocycles. The average Bonchev–Trinajstić information content (AvgIpc) is 2.52. The average molecular weight is 397 g/mol. The quantitative estimate of drug-likeness (QED) is 0.707. The number of aromatic nitrogens is 1. The molecule has 0 amide bonds. The highest BCUT2D eigenvalue weighted by atomic mass is 35.5. The summed E-state index contributed by atoms with van der Waals surface area (Å²) >= 11 is 12.1. The van der Waals surface area contributed by atoms with Crippen molar-refractivity contribution in [2.24, 2.45) is 5.14 Å². The topological polar surface area (TPSA) is 73.1 Å². The molecule has 1 heterocycles. The highest BCUT2D eigenvalue weighted by Crippen LogP contribution is 2.34. The second-order valence-electron chi connectivity index (χ2n) is 5.25. The zero-order valence-corrected chi connectivity index (χ0v) is 14.9. The number of pyridine rings is 1. The van der Waals surface area contributed by atoms with Crippen LogP contribution in [0.4, 0.5) is 4.39 Å². The molecule has 25 heavy (non-hydrogen) atoms. The van der Waals surface area contributed by atoms with E-state index >= 15 is 0 Å². The Kier molecular flexibility index (Phi) is 4.79. The minimum Gasteiger partial charge on any atom is -0.256 e. The van der Waals surface area contributed by atoms with Gasteiger partial charge in [0.05, 0.1) is 5.69 Å². The van der Waals surface area contributed by atoms with E-state index in [0.29, 0.717) is 32.4 Å². The summed E-state index contributed by atoms with van der Waals surface area (Å²) in [6, 6.07) is 12.1. The molecule has 0 spiro atoms. The summed E-state index contributed by atoms with van der Waals surface area (Å²) in [5, 5.41) is 5.87. The molecule has 1 aromatic heterocycles. The van der Waals surface area contributed by atoms with Gasteiger partial charge in [0.25, 0.3) is 0 Å². The molecule has 8 heteroatoms. The fraction of sp³-hybridized carbons (Fsp3) is 0. The lowest BCUT2D eigenvalue weighted by Crippen LogP contribution is -2.13. The van der Waals surface area contributed by atoms with Crippen LogP contribution in [-0.2, 0) is 10.0 Å². The van der Waals surface area contributed by atoms with Crippen LogP contribution in [0.5, 0.6) is 0 Å². The Bertz CT molecular complexity index is 1050. The molecule has 0 saturated carbocycles. The van der Waals surface area contributed by atoms with Crippen molar-refractivity contribution < 1.29 is 12.8 Å². The van der Waals surface area contributed by atoms with Crippen LogP contribution in [0.25, 0.3) is 22.4 Å². The van der Waals surface area contributed by atoms with Crippen molar-refractivity contribution in [1.82, 2.24) is 4.98 Å². The lowest BCUT2D eigenvalue weighted by Gasteiger charge is -2.11. The number of rotatable bonds is 3. The number of sulfonamides is 1. The Balaban J connectivity index is 2.18. The predicted molar refractivity (Wildman–Crippen MR) is 96.5 cm³/mol. The molecular weight excluding hydrogens is 386 g/mol. The molecule has 2 aromatic carbocycles. The van der Waals surface area contributed by atoms with Crippen molar-refractivity contribution in [3.63, 3.8) is 0 Å². The smallest absolute Gasteiger partial charge is 0.240 e. The van der Waals surface area contributed by atoms with Gasteiger partial charge in [-0.05, 0) is 42.0 Å². The Morgan fingerprint density at radius 2 is 1.64 bits per heavy atom. The zero-order valence-electron chi connectivity index (χ0n) is 12.6. The second kappa shape index (κ2) is 6.72. The number of nitrogens with two attached hydrogens (primary N) is 1. The highest BCUT2D eigenvalue weighted by Gasteiger charge is 2.17. The normalized spacial score (nSPS) is 11.5. The molecule has 128 valence electrons. The summed E-state index contributed by atoms with van der Waals surface area (Å²) in [6.45, 7) is 0. The van der Waals surface area contributed by atoms with Crippen LogP contribution in [-0.4, -0.2) is 13.4 Å². The summed E-state index contributed by atoms with van der Waals surface area (Å²) in [5.41, 5.74) is 2.24. The van der Waals surface area contributed by atoms with E-state index in [1.165, 1.54) is 6.07 Å². The van der Waals surface area contributed by atoms with Crippen LogP contribution in [0, 0.1) is 5.82 Å². The molecule has 0 aliphatic rings. The lowest BCUT2D eigenvalue weighted by molar-refractivity contribution is 0.568. The number of halogens is 3. The minimum absolute atomic E-state index is 0.440. The molecule has 0 aliphatic carbocycles. The number of hydrogen-bond donors (Lipinski definition) is 1. The Morgan fingerprint density at radius 1 is 0.960 bits per heavy atom. The molecule has 0 unspecified atom stereocenters. The van der Waals surface area contributed by atoms with E-state index in [2.05, 4.69) is 4.98 Å². The first-order valence-corrected chi connectivity index (χ1v) is 9.30. The number of primary sulfonamides is 1. The van der Waals surface area contributed by atoms with E-state index in [1.54, 1.807) is 36.5 Å². The first-order valence-electron chi connectivity index (χ1n) is 7.00.